The highest BCUT2D eigenvalue weighted by atomic mass is 19.3. The molecule has 0 aromatic heterocycles. The molecule has 0 radical (unpaired) electrons. The standard InChI is InChI=1S/C27H30F6O/c1-2-3-16-4-5-21-13-20(11-10-19(21)12-16)17-6-8-18(9-7-17)22-14-23(28)25(24(29)15-22)34-27(32,33)26(30)31/h6-9,14-16,19-21,26H,2-5,10-13H2,1H3/t16?,19-,20-,21-/m1/s1. The Hall–Kier alpha value is -2.18. The maximum absolute atomic E-state index is 14.3. The maximum Gasteiger partial charge on any atom is 0.461 e. The molecule has 2 aliphatic carbocycles. The van der Waals surface area contributed by atoms with Gasteiger partial charge in [-0.1, -0.05) is 50.5 Å². The first-order valence-electron chi connectivity index (χ1n) is 12.1. The van der Waals surface area contributed by atoms with E-state index >= 15 is 0 Å². The van der Waals surface area contributed by atoms with Crippen molar-refractivity contribution in [1.29, 1.82) is 0 Å². The van der Waals surface area contributed by atoms with Crippen molar-refractivity contribution in [2.75, 3.05) is 0 Å². The minimum atomic E-state index is -4.99. The van der Waals surface area contributed by atoms with E-state index in [4.69, 9.17) is 0 Å². The van der Waals surface area contributed by atoms with E-state index in [9.17, 15) is 26.3 Å². The molecule has 1 nitrogen and oxygen atoms in total. The topological polar surface area (TPSA) is 9.23 Å². The van der Waals surface area contributed by atoms with Crippen molar-refractivity contribution >= 4 is 0 Å². The van der Waals surface area contributed by atoms with Crippen LogP contribution in [0.5, 0.6) is 5.75 Å². The molecule has 2 aliphatic rings. The second-order valence-corrected chi connectivity index (χ2v) is 9.85. The van der Waals surface area contributed by atoms with Crippen LogP contribution >= 0.6 is 0 Å². The highest BCUT2D eigenvalue weighted by Gasteiger charge is 2.45. The number of ether oxygens (including phenoxy) is 1. The zero-order valence-electron chi connectivity index (χ0n) is 19.2. The van der Waals surface area contributed by atoms with Crippen molar-refractivity contribution < 1.29 is 31.1 Å². The van der Waals surface area contributed by atoms with Gasteiger partial charge in [-0.05, 0) is 84.6 Å². The first kappa shape index (κ1) is 24.9. The molecule has 0 saturated heterocycles. The Morgan fingerprint density at radius 2 is 1.50 bits per heavy atom. The third-order valence-corrected chi connectivity index (χ3v) is 7.62. The van der Waals surface area contributed by atoms with E-state index in [1.807, 2.05) is 12.1 Å². The van der Waals surface area contributed by atoms with Crippen LogP contribution in [0.15, 0.2) is 36.4 Å². The molecule has 1 unspecified atom stereocenters. The minimum absolute atomic E-state index is 0.118. The Labute approximate surface area is 196 Å². The molecule has 4 rings (SSSR count). The number of alkyl halides is 4. The third-order valence-electron chi connectivity index (χ3n) is 7.62. The zero-order valence-corrected chi connectivity index (χ0v) is 19.2. The fourth-order valence-electron chi connectivity index (χ4n) is 5.91. The van der Waals surface area contributed by atoms with Crippen molar-refractivity contribution in [3.05, 3.63) is 53.6 Å². The van der Waals surface area contributed by atoms with Gasteiger partial charge in [0.1, 0.15) is 0 Å². The molecule has 34 heavy (non-hydrogen) atoms. The summed E-state index contributed by atoms with van der Waals surface area (Å²) in [5.74, 6) is -1.53. The Morgan fingerprint density at radius 1 is 0.882 bits per heavy atom. The van der Waals surface area contributed by atoms with Gasteiger partial charge in [-0.25, -0.2) is 8.78 Å². The number of hydrogen-bond donors (Lipinski definition) is 0. The fourth-order valence-corrected chi connectivity index (χ4v) is 5.91. The van der Waals surface area contributed by atoms with E-state index in [1.54, 1.807) is 12.1 Å². The Balaban J connectivity index is 1.44. The summed E-state index contributed by atoms with van der Waals surface area (Å²) < 4.78 is 83.0. The van der Waals surface area contributed by atoms with E-state index in [0.717, 1.165) is 42.7 Å². The number of halogens is 6. The summed E-state index contributed by atoms with van der Waals surface area (Å²) in [6.07, 6.45) is 0.882. The molecule has 2 fully saturated rings. The fraction of sp³-hybridized carbons (Fsp3) is 0.556. The smallest absolute Gasteiger partial charge is 0.422 e. The number of rotatable bonds is 7. The van der Waals surface area contributed by atoms with Crippen LogP contribution < -0.4 is 4.74 Å². The second kappa shape index (κ2) is 10.2. The van der Waals surface area contributed by atoms with Gasteiger partial charge in [-0.2, -0.15) is 17.6 Å². The minimum Gasteiger partial charge on any atom is -0.422 e. The quantitative estimate of drug-likeness (QED) is 0.356. The largest absolute Gasteiger partial charge is 0.461 e. The van der Waals surface area contributed by atoms with Gasteiger partial charge in [0.2, 0.25) is 0 Å². The van der Waals surface area contributed by atoms with Gasteiger partial charge < -0.3 is 4.74 Å². The van der Waals surface area contributed by atoms with Gasteiger partial charge in [-0.3, -0.25) is 0 Å². The molecule has 2 saturated carbocycles. The van der Waals surface area contributed by atoms with Gasteiger partial charge in [0.15, 0.2) is 17.4 Å². The molecule has 2 aromatic rings. The highest BCUT2D eigenvalue weighted by Crippen LogP contribution is 2.48. The maximum atomic E-state index is 14.3. The van der Waals surface area contributed by atoms with Crippen molar-refractivity contribution in [3.8, 4) is 16.9 Å². The average molecular weight is 485 g/mol. The summed E-state index contributed by atoms with van der Waals surface area (Å²) in [7, 11) is 0. The van der Waals surface area contributed by atoms with Crippen molar-refractivity contribution in [1.82, 2.24) is 0 Å². The lowest BCUT2D eigenvalue weighted by molar-refractivity contribution is -0.255. The zero-order chi connectivity index (χ0) is 24.5. The normalized spacial score (nSPS) is 25.3. The Bertz CT molecular complexity index is 951. The summed E-state index contributed by atoms with van der Waals surface area (Å²) >= 11 is 0. The molecule has 0 spiro atoms. The lowest BCUT2D eigenvalue weighted by Gasteiger charge is -2.42. The molecular formula is C27H30F6O. The summed E-state index contributed by atoms with van der Waals surface area (Å²) in [5, 5.41) is 0. The molecule has 2 aromatic carbocycles. The van der Waals surface area contributed by atoms with Crippen LogP contribution in [0.1, 0.15) is 69.8 Å². The van der Waals surface area contributed by atoms with Gasteiger partial charge in [0.25, 0.3) is 0 Å². The first-order valence-corrected chi connectivity index (χ1v) is 12.1. The molecule has 4 atom stereocenters. The van der Waals surface area contributed by atoms with Crippen LogP contribution in [0, 0.1) is 29.4 Å². The predicted molar refractivity (Wildman–Crippen MR) is 119 cm³/mol. The summed E-state index contributed by atoms with van der Waals surface area (Å²) in [6, 6.07) is 9.04. The third kappa shape index (κ3) is 5.38. The van der Waals surface area contributed by atoms with Crippen LogP contribution in [-0.4, -0.2) is 12.5 Å². The summed E-state index contributed by atoms with van der Waals surface area (Å²) in [6.45, 7) is 2.25. The lowest BCUT2D eigenvalue weighted by atomic mass is 9.63. The molecule has 0 N–H and O–H groups in total. The average Bonchev–Trinajstić information content (AvgIpc) is 2.81. The number of benzene rings is 2. The van der Waals surface area contributed by atoms with E-state index in [2.05, 4.69) is 11.7 Å². The summed E-state index contributed by atoms with van der Waals surface area (Å²) in [5.41, 5.74) is 1.81. The number of fused-ring (bicyclic) bond motifs is 1. The number of hydrogen-bond acceptors (Lipinski definition) is 1. The molecule has 0 heterocycles. The molecule has 0 amide bonds. The Morgan fingerprint density at radius 3 is 2.12 bits per heavy atom. The van der Waals surface area contributed by atoms with E-state index in [-0.39, 0.29) is 5.56 Å². The first-order chi connectivity index (χ1) is 16.2. The van der Waals surface area contributed by atoms with Crippen LogP contribution in [0.4, 0.5) is 26.3 Å². The second-order valence-electron chi connectivity index (χ2n) is 9.85. The SMILES string of the molecule is CCCC1CC[C@@H]2C[C@H](c3ccc(-c4cc(F)c(OC(F)(F)C(F)F)c(F)c4)cc3)CC[C@@H]2C1. The van der Waals surface area contributed by atoms with Crippen LogP contribution in [-0.2, 0) is 0 Å². The van der Waals surface area contributed by atoms with Gasteiger partial charge in [0, 0.05) is 0 Å². The molecule has 0 aliphatic heterocycles. The molecule has 0 bridgehead atoms. The van der Waals surface area contributed by atoms with Gasteiger partial charge in [0.05, 0.1) is 0 Å². The van der Waals surface area contributed by atoms with Gasteiger partial charge in [-0.15, -0.1) is 0 Å². The van der Waals surface area contributed by atoms with E-state index < -0.39 is 29.9 Å². The van der Waals surface area contributed by atoms with E-state index in [0.29, 0.717) is 11.5 Å². The summed E-state index contributed by atoms with van der Waals surface area (Å²) in [4.78, 5) is 0. The monoisotopic (exact) mass is 484 g/mol. The van der Waals surface area contributed by atoms with Crippen LogP contribution in [0.3, 0.4) is 0 Å². The molecule has 186 valence electrons. The van der Waals surface area contributed by atoms with Crippen molar-refractivity contribution in [2.45, 2.75) is 76.7 Å². The molecule has 7 heteroatoms. The lowest BCUT2D eigenvalue weighted by Crippen LogP contribution is -2.34. The van der Waals surface area contributed by atoms with Crippen molar-refractivity contribution in [3.63, 3.8) is 0 Å². The molecular weight excluding hydrogens is 454 g/mol. The van der Waals surface area contributed by atoms with Gasteiger partial charge >= 0.3 is 12.5 Å². The van der Waals surface area contributed by atoms with Crippen LogP contribution in [0.25, 0.3) is 11.1 Å². The highest BCUT2D eigenvalue weighted by molar-refractivity contribution is 5.65. The Kier molecular flexibility index (Phi) is 7.48. The van der Waals surface area contributed by atoms with Crippen molar-refractivity contribution in [2.24, 2.45) is 17.8 Å². The van der Waals surface area contributed by atoms with E-state index in [1.165, 1.54) is 44.1 Å². The predicted octanol–water partition coefficient (Wildman–Crippen LogP) is 8.97. The van der Waals surface area contributed by atoms with Crippen LogP contribution in [0.2, 0.25) is 0 Å².